The number of rotatable bonds is 5. The fourth-order valence-electron chi connectivity index (χ4n) is 0.711. The van der Waals surface area contributed by atoms with Gasteiger partial charge in [-0.25, -0.2) is 0 Å². The molecule has 0 saturated heterocycles. The molecule has 0 aliphatic heterocycles. The van der Waals surface area contributed by atoms with E-state index in [1.807, 2.05) is 11.8 Å². The Bertz CT molecular complexity index is 158. The average molecular weight is 297 g/mol. The van der Waals surface area contributed by atoms with E-state index in [4.69, 9.17) is 29.5 Å². The molecule has 0 bridgehead atoms. The summed E-state index contributed by atoms with van der Waals surface area (Å²) in [6, 6.07) is 0. The molecule has 0 aliphatic rings. The normalized spacial score (nSPS) is 9.12. The summed E-state index contributed by atoms with van der Waals surface area (Å²) < 4.78 is 8.55. The monoisotopic (exact) mass is 297 g/mol. The van der Waals surface area contributed by atoms with Crippen LogP contribution in [-0.2, 0) is 4.57 Å². The van der Waals surface area contributed by atoms with Gasteiger partial charge in [-0.15, -0.1) is 0 Å². The molecule has 88 valence electrons. The van der Waals surface area contributed by atoms with Crippen LogP contribution in [0.5, 0.6) is 0 Å². The van der Waals surface area contributed by atoms with Crippen LogP contribution in [0.15, 0.2) is 0 Å². The third-order valence-corrected chi connectivity index (χ3v) is 1.28. The summed E-state index contributed by atoms with van der Waals surface area (Å²) in [6.07, 6.45) is 0. The maximum absolute atomic E-state index is 8.55. The van der Waals surface area contributed by atoms with Gasteiger partial charge in [0.05, 0.1) is 13.2 Å². The molecule has 0 spiro atoms. The van der Waals surface area contributed by atoms with Crippen LogP contribution in [0.2, 0.25) is 0 Å². The van der Waals surface area contributed by atoms with E-state index in [1.54, 1.807) is 0 Å². The summed E-state index contributed by atoms with van der Waals surface area (Å²) in [6.45, 7) is 4.57. The van der Waals surface area contributed by atoms with Crippen LogP contribution in [-0.4, -0.2) is 48.0 Å². The van der Waals surface area contributed by atoms with Crippen LogP contribution in [0.25, 0.3) is 0 Å². The average Bonchev–Trinajstić information content (AvgIpc) is 2.01. The molecular weight excluding hydrogens is 282 g/mol. The maximum Gasteiger partial charge on any atom is 1.00 e. The van der Waals surface area contributed by atoms with E-state index in [9.17, 15) is 0 Å². The topological polar surface area (TPSA) is 130 Å². The minimum absolute atomic E-state index is 0. The fraction of sp³-hybridized carbons (Fsp3) is 1.00. The van der Waals surface area contributed by atoms with Crippen molar-refractivity contribution in [2.45, 2.75) is 6.92 Å². The van der Waals surface area contributed by atoms with Gasteiger partial charge < -0.3 is 29.5 Å². The number of hydrogen-bond donors (Lipinski definition) is 2. The molecule has 0 unspecified atom stereocenters. The number of likely N-dealkylation sites (N-methyl/N-ethyl adjacent to an activating group) is 1. The molecule has 0 fully saturated rings. The molecule has 0 aliphatic carbocycles. The van der Waals surface area contributed by atoms with Crippen LogP contribution in [0.4, 0.5) is 0 Å². The van der Waals surface area contributed by atoms with Gasteiger partial charge >= 0.3 is 88.7 Å². The molecule has 0 amide bonds. The van der Waals surface area contributed by atoms with Crippen molar-refractivity contribution < 1.29 is 118 Å². The van der Waals surface area contributed by atoms with Crippen molar-refractivity contribution in [1.29, 1.82) is 0 Å². The van der Waals surface area contributed by atoms with Crippen molar-refractivity contribution in [3.8, 4) is 0 Å². The van der Waals surface area contributed by atoms with Gasteiger partial charge in [0.2, 0.25) is 0 Å². The molecule has 0 atom stereocenters. The molecule has 0 heterocycles. The van der Waals surface area contributed by atoms with Crippen LogP contribution in [0.1, 0.15) is 6.92 Å². The van der Waals surface area contributed by atoms with E-state index < -0.39 is 7.82 Å². The van der Waals surface area contributed by atoms with Crippen molar-refractivity contribution in [1.82, 2.24) is 4.90 Å². The van der Waals surface area contributed by atoms with Gasteiger partial charge in [-0.05, 0) is 6.54 Å². The molecule has 0 saturated carbocycles. The molecule has 0 aromatic rings. The number of nitrogens with zero attached hydrogens (tertiary/aromatic N) is 1. The maximum atomic E-state index is 8.55. The van der Waals surface area contributed by atoms with Gasteiger partial charge in [0.1, 0.15) is 0 Å². The summed E-state index contributed by atoms with van der Waals surface area (Å²) in [5.41, 5.74) is 0. The molecule has 2 N–H and O–H groups in total. The Morgan fingerprint density at radius 3 is 1.35 bits per heavy atom. The van der Waals surface area contributed by atoms with E-state index in [0.29, 0.717) is 13.1 Å². The third kappa shape index (κ3) is 45.4. The summed E-state index contributed by atoms with van der Waals surface area (Å²) in [5, 5.41) is 16.9. The second-order valence-electron chi connectivity index (χ2n) is 2.33. The van der Waals surface area contributed by atoms with Gasteiger partial charge in [-0.2, -0.15) is 7.82 Å². The zero-order chi connectivity index (χ0) is 11.6. The Hall–Kier alpha value is 2.99. The van der Waals surface area contributed by atoms with E-state index in [-0.39, 0.29) is 102 Å². The molecule has 0 rings (SSSR count). The minimum atomic E-state index is -5.39. The number of phosphoric acid groups is 1. The predicted molar refractivity (Wildman–Crippen MR) is 43.9 cm³/mol. The first-order chi connectivity index (χ1) is 6.35. The van der Waals surface area contributed by atoms with Crippen LogP contribution in [0.3, 0.4) is 0 Å². The Kier molecular flexibility index (Phi) is 40.2. The molecule has 0 radical (unpaired) electrons. The van der Waals surface area contributed by atoms with Gasteiger partial charge in [0.25, 0.3) is 0 Å². The second kappa shape index (κ2) is 21.3. The van der Waals surface area contributed by atoms with Crippen LogP contribution >= 0.6 is 7.82 Å². The Morgan fingerprint density at radius 1 is 1.00 bits per heavy atom. The molecular formula is C6H15NNa3O6P. The Balaban J connectivity index is -0.0000000533. The zero-order valence-corrected chi connectivity index (χ0v) is 17.9. The van der Waals surface area contributed by atoms with Crippen LogP contribution in [0, 0.1) is 0 Å². The summed E-state index contributed by atoms with van der Waals surface area (Å²) in [7, 11) is -5.39. The van der Waals surface area contributed by atoms with E-state index >= 15 is 0 Å². The first kappa shape index (κ1) is 32.1. The smallest absolute Gasteiger partial charge is 0.822 e. The first-order valence-corrected chi connectivity index (χ1v) is 5.48. The first-order valence-electron chi connectivity index (χ1n) is 4.02. The summed E-state index contributed by atoms with van der Waals surface area (Å²) in [4.78, 5) is 27.6. The van der Waals surface area contributed by atoms with Crippen molar-refractivity contribution in [2.24, 2.45) is 0 Å². The minimum Gasteiger partial charge on any atom is -0.822 e. The standard InChI is InChI=1S/C6H15NO2.3Na.H3O4P/c1-2-7(3-5-8)4-6-9;;;;1-5(2,3)4/h8-9H,2-6H2,1H3;;;;(H3,1,2,3,4)/q;3*+1;/p-3. The second-order valence-corrected chi connectivity index (χ2v) is 3.22. The van der Waals surface area contributed by atoms with Gasteiger partial charge in [0.15, 0.2) is 0 Å². The third-order valence-electron chi connectivity index (χ3n) is 1.28. The van der Waals surface area contributed by atoms with Crippen molar-refractivity contribution in [2.75, 3.05) is 32.8 Å². The number of aliphatic hydroxyl groups is 2. The molecule has 0 aromatic carbocycles. The quantitative estimate of drug-likeness (QED) is 0.380. The van der Waals surface area contributed by atoms with Crippen LogP contribution < -0.4 is 103 Å². The van der Waals surface area contributed by atoms with Gasteiger partial charge in [-0.1, -0.05) is 6.92 Å². The summed E-state index contributed by atoms with van der Waals surface area (Å²) >= 11 is 0. The largest absolute Gasteiger partial charge is 1.00 e. The van der Waals surface area contributed by atoms with Gasteiger partial charge in [0, 0.05) is 13.1 Å². The number of aliphatic hydroxyl groups excluding tert-OH is 2. The Morgan fingerprint density at radius 2 is 1.24 bits per heavy atom. The number of hydrogen-bond acceptors (Lipinski definition) is 7. The van der Waals surface area contributed by atoms with E-state index in [2.05, 4.69) is 0 Å². The molecule has 0 aromatic heterocycles. The SMILES string of the molecule is CCN(CCO)CCO.O=P([O-])([O-])[O-].[Na+].[Na+].[Na+]. The Labute approximate surface area is 168 Å². The predicted octanol–water partition coefficient (Wildman–Crippen LogP) is -12.5. The van der Waals surface area contributed by atoms with Crippen molar-refractivity contribution in [3.05, 3.63) is 0 Å². The van der Waals surface area contributed by atoms with Crippen molar-refractivity contribution in [3.63, 3.8) is 0 Å². The zero-order valence-electron chi connectivity index (χ0n) is 11.0. The molecule has 11 heteroatoms. The van der Waals surface area contributed by atoms with Crippen molar-refractivity contribution >= 4 is 7.82 Å². The molecule has 7 nitrogen and oxygen atoms in total. The van der Waals surface area contributed by atoms with Gasteiger partial charge in [-0.3, -0.25) is 4.90 Å². The molecule has 17 heavy (non-hydrogen) atoms. The van der Waals surface area contributed by atoms with E-state index in [0.717, 1.165) is 6.54 Å². The fourth-order valence-corrected chi connectivity index (χ4v) is 0.711. The van der Waals surface area contributed by atoms with E-state index in [1.165, 1.54) is 0 Å². The summed E-state index contributed by atoms with van der Waals surface area (Å²) in [5.74, 6) is 0.